The van der Waals surface area contributed by atoms with Crippen molar-refractivity contribution in [1.29, 1.82) is 0 Å². The molecule has 1 aromatic carbocycles. The molecule has 4 N–H and O–H groups in total. The smallest absolute Gasteiger partial charge is 0.253 e. The number of imidazole rings is 1. The Kier molecular flexibility index (Phi) is 4.06. The highest BCUT2D eigenvalue weighted by molar-refractivity contribution is 6.05. The second kappa shape index (κ2) is 6.13. The highest BCUT2D eigenvalue weighted by Gasteiger charge is 2.17. The van der Waals surface area contributed by atoms with E-state index >= 15 is 0 Å². The van der Waals surface area contributed by atoms with E-state index in [2.05, 4.69) is 25.9 Å². The molecule has 0 saturated carbocycles. The van der Waals surface area contributed by atoms with E-state index in [0.29, 0.717) is 29.5 Å². The fourth-order valence-electron chi connectivity index (χ4n) is 2.76. The molecule has 0 radical (unpaired) electrons. The molecule has 1 atom stereocenters. The van der Waals surface area contributed by atoms with Crippen molar-refractivity contribution in [2.45, 2.75) is 12.8 Å². The lowest BCUT2D eigenvalue weighted by atomic mass is 9.99. The average molecular weight is 287 g/mol. The zero-order chi connectivity index (χ0) is 14.7. The summed E-state index contributed by atoms with van der Waals surface area (Å²) in [5.74, 6) is 1.14. The number of nitrogens with one attached hydrogen (secondary N) is 4. The van der Waals surface area contributed by atoms with Gasteiger partial charge in [0.25, 0.3) is 5.91 Å². The number of nitrogens with zero attached hydrogens (tertiary/aromatic N) is 1. The van der Waals surface area contributed by atoms with Gasteiger partial charge >= 0.3 is 0 Å². The lowest BCUT2D eigenvalue weighted by Gasteiger charge is -2.22. The molecule has 21 heavy (non-hydrogen) atoms. The molecule has 0 spiro atoms. The molecule has 1 unspecified atom stereocenters. The predicted octanol–water partition coefficient (Wildman–Crippen LogP) is 1.33. The Labute approximate surface area is 123 Å². The minimum absolute atomic E-state index is 0.0553. The lowest BCUT2D eigenvalue weighted by molar-refractivity contribution is 0.0946. The van der Waals surface area contributed by atoms with Gasteiger partial charge in [-0.15, -0.1) is 0 Å². The number of aromatic amines is 1. The molecular weight excluding hydrogens is 266 g/mol. The number of carbonyl (C=O) groups is 1. The number of piperidine rings is 1. The Balaban J connectivity index is 1.73. The van der Waals surface area contributed by atoms with Crippen LogP contribution < -0.4 is 16.0 Å². The summed E-state index contributed by atoms with van der Waals surface area (Å²) in [6.07, 6.45) is 2.35. The van der Waals surface area contributed by atoms with Gasteiger partial charge in [-0.2, -0.15) is 0 Å². The molecule has 1 amide bonds. The van der Waals surface area contributed by atoms with Crippen LogP contribution in [0.5, 0.6) is 0 Å². The highest BCUT2D eigenvalue weighted by Crippen LogP contribution is 2.18. The fourth-order valence-corrected chi connectivity index (χ4v) is 2.76. The summed E-state index contributed by atoms with van der Waals surface area (Å²) in [6.45, 7) is 2.78. The number of hydrogen-bond donors (Lipinski definition) is 4. The maximum Gasteiger partial charge on any atom is 0.253 e. The number of hydrogen-bond acceptors (Lipinski definition) is 4. The summed E-state index contributed by atoms with van der Waals surface area (Å²) in [5, 5.41) is 9.36. The van der Waals surface area contributed by atoms with Crippen molar-refractivity contribution in [2.24, 2.45) is 5.92 Å². The van der Waals surface area contributed by atoms with Gasteiger partial charge in [0.2, 0.25) is 5.95 Å². The largest absolute Gasteiger partial charge is 0.359 e. The summed E-state index contributed by atoms with van der Waals surface area (Å²) in [4.78, 5) is 19.9. The number of amides is 1. The van der Waals surface area contributed by atoms with Crippen LogP contribution >= 0.6 is 0 Å². The third-order valence-electron chi connectivity index (χ3n) is 3.94. The van der Waals surface area contributed by atoms with E-state index in [1.807, 2.05) is 18.2 Å². The van der Waals surface area contributed by atoms with E-state index in [1.165, 1.54) is 12.8 Å². The van der Waals surface area contributed by atoms with Crippen LogP contribution in [-0.2, 0) is 0 Å². The van der Waals surface area contributed by atoms with Crippen molar-refractivity contribution in [3.63, 3.8) is 0 Å². The van der Waals surface area contributed by atoms with Crippen molar-refractivity contribution >= 4 is 22.9 Å². The summed E-state index contributed by atoms with van der Waals surface area (Å²) in [5.41, 5.74) is 2.20. The number of aromatic nitrogens is 2. The van der Waals surface area contributed by atoms with Crippen LogP contribution in [0.25, 0.3) is 11.0 Å². The zero-order valence-electron chi connectivity index (χ0n) is 12.2. The SMILES string of the molecule is CNc1nc2c(C(=O)NCC3CCCNC3)cccc2[nH]1. The van der Waals surface area contributed by atoms with Gasteiger partial charge in [-0.25, -0.2) is 4.98 Å². The van der Waals surface area contributed by atoms with Crippen LogP contribution in [-0.4, -0.2) is 42.6 Å². The molecule has 2 aromatic rings. The second-order valence-electron chi connectivity index (χ2n) is 5.46. The van der Waals surface area contributed by atoms with Gasteiger partial charge in [0.05, 0.1) is 11.1 Å². The number of H-pyrrole nitrogens is 1. The normalized spacial score (nSPS) is 18.6. The molecule has 1 saturated heterocycles. The third kappa shape index (κ3) is 3.00. The van der Waals surface area contributed by atoms with Crippen molar-refractivity contribution in [3.05, 3.63) is 23.8 Å². The first-order valence-corrected chi connectivity index (χ1v) is 7.43. The van der Waals surface area contributed by atoms with Gasteiger partial charge in [0, 0.05) is 13.6 Å². The van der Waals surface area contributed by atoms with Crippen LogP contribution in [0.1, 0.15) is 23.2 Å². The molecule has 0 aliphatic carbocycles. The number of fused-ring (bicyclic) bond motifs is 1. The van der Waals surface area contributed by atoms with Gasteiger partial charge < -0.3 is 20.9 Å². The highest BCUT2D eigenvalue weighted by atomic mass is 16.1. The fraction of sp³-hybridized carbons (Fsp3) is 0.467. The van der Waals surface area contributed by atoms with Gasteiger partial charge in [0.15, 0.2) is 0 Å². The Morgan fingerprint density at radius 1 is 1.48 bits per heavy atom. The van der Waals surface area contributed by atoms with E-state index in [0.717, 1.165) is 18.6 Å². The van der Waals surface area contributed by atoms with Crippen molar-refractivity contribution in [3.8, 4) is 0 Å². The number of benzene rings is 1. The van der Waals surface area contributed by atoms with Gasteiger partial charge in [-0.05, 0) is 44.0 Å². The first-order chi connectivity index (χ1) is 10.3. The standard InChI is InChI=1S/C15H21N5O/c1-16-15-19-12-6-2-5-11(13(12)20-15)14(21)18-9-10-4-3-7-17-8-10/h2,5-6,10,17H,3-4,7-9H2,1H3,(H,18,21)(H2,16,19,20). The third-order valence-corrected chi connectivity index (χ3v) is 3.94. The lowest BCUT2D eigenvalue weighted by Crippen LogP contribution is -2.38. The van der Waals surface area contributed by atoms with E-state index in [9.17, 15) is 4.79 Å². The summed E-state index contributed by atoms with van der Waals surface area (Å²) >= 11 is 0. The number of rotatable bonds is 4. The number of anilines is 1. The molecule has 1 fully saturated rings. The first kappa shape index (κ1) is 13.9. The Bertz CT molecular complexity index is 630. The molecular formula is C15H21N5O. The van der Waals surface area contributed by atoms with Crippen LogP contribution in [0, 0.1) is 5.92 Å². The molecule has 1 aliphatic heterocycles. The average Bonchev–Trinajstić information content (AvgIpc) is 2.96. The topological polar surface area (TPSA) is 81.8 Å². The molecule has 6 nitrogen and oxygen atoms in total. The predicted molar refractivity (Wildman–Crippen MR) is 83.6 cm³/mol. The second-order valence-corrected chi connectivity index (χ2v) is 5.46. The van der Waals surface area contributed by atoms with Crippen LogP contribution in [0.15, 0.2) is 18.2 Å². The van der Waals surface area contributed by atoms with Crippen LogP contribution in [0.2, 0.25) is 0 Å². The molecule has 112 valence electrons. The van der Waals surface area contributed by atoms with E-state index in [4.69, 9.17) is 0 Å². The van der Waals surface area contributed by atoms with Crippen LogP contribution in [0.3, 0.4) is 0 Å². The van der Waals surface area contributed by atoms with Gasteiger partial charge in [0.1, 0.15) is 5.52 Å². The van der Waals surface area contributed by atoms with Crippen LogP contribution in [0.4, 0.5) is 5.95 Å². The monoisotopic (exact) mass is 287 g/mol. The van der Waals surface area contributed by atoms with Crippen molar-refractivity contribution < 1.29 is 4.79 Å². The van der Waals surface area contributed by atoms with E-state index in [1.54, 1.807) is 7.05 Å². The molecule has 1 aromatic heterocycles. The minimum atomic E-state index is -0.0553. The van der Waals surface area contributed by atoms with E-state index in [-0.39, 0.29) is 5.91 Å². The maximum absolute atomic E-state index is 12.4. The van der Waals surface area contributed by atoms with Crippen molar-refractivity contribution in [2.75, 3.05) is 32.0 Å². The Morgan fingerprint density at radius 2 is 2.38 bits per heavy atom. The van der Waals surface area contributed by atoms with E-state index < -0.39 is 0 Å². The molecule has 6 heteroatoms. The summed E-state index contributed by atoms with van der Waals surface area (Å²) in [6, 6.07) is 5.61. The quantitative estimate of drug-likeness (QED) is 0.684. The van der Waals surface area contributed by atoms with Crippen molar-refractivity contribution in [1.82, 2.24) is 20.6 Å². The summed E-state index contributed by atoms with van der Waals surface area (Å²) < 4.78 is 0. The molecule has 0 bridgehead atoms. The van der Waals surface area contributed by atoms with Gasteiger partial charge in [-0.3, -0.25) is 4.79 Å². The van der Waals surface area contributed by atoms with Gasteiger partial charge in [-0.1, -0.05) is 6.07 Å². The Morgan fingerprint density at radius 3 is 3.14 bits per heavy atom. The number of carbonyl (C=O) groups excluding carboxylic acids is 1. The molecule has 1 aliphatic rings. The molecule has 2 heterocycles. The number of para-hydroxylation sites is 1. The summed E-state index contributed by atoms with van der Waals surface area (Å²) in [7, 11) is 1.80. The first-order valence-electron chi connectivity index (χ1n) is 7.43. The zero-order valence-corrected chi connectivity index (χ0v) is 12.2. The Hall–Kier alpha value is -2.08. The maximum atomic E-state index is 12.4. The minimum Gasteiger partial charge on any atom is -0.359 e. The molecule has 3 rings (SSSR count).